The quantitative estimate of drug-likeness (QED) is 0.608. The van der Waals surface area contributed by atoms with Gasteiger partial charge in [0.25, 0.3) is 0 Å². The number of hydrogen-bond donors (Lipinski definition) is 1. The molecule has 0 bridgehead atoms. The lowest BCUT2D eigenvalue weighted by molar-refractivity contribution is -0.121. The van der Waals surface area contributed by atoms with Crippen molar-refractivity contribution in [2.75, 3.05) is 6.67 Å². The van der Waals surface area contributed by atoms with Gasteiger partial charge in [-0.1, -0.05) is 0 Å². The highest BCUT2D eigenvalue weighted by Crippen LogP contribution is 1.83. The van der Waals surface area contributed by atoms with Crippen molar-refractivity contribution >= 4 is 5.91 Å². The van der Waals surface area contributed by atoms with Crippen molar-refractivity contribution in [3.05, 3.63) is 0 Å². The lowest BCUT2D eigenvalue weighted by Crippen LogP contribution is -2.30. The second kappa shape index (κ2) is 4.30. The zero-order valence-electron chi connectivity index (χ0n) is 5.78. The van der Waals surface area contributed by atoms with Crippen LogP contribution >= 0.6 is 0 Å². The fraction of sp³-hybridized carbons (Fsp3) is 0.833. The van der Waals surface area contributed by atoms with Gasteiger partial charge in [-0.15, -0.1) is 0 Å². The van der Waals surface area contributed by atoms with Gasteiger partial charge in [0.1, 0.15) is 0 Å². The van der Waals surface area contributed by atoms with Crippen molar-refractivity contribution in [1.29, 1.82) is 0 Å². The molecule has 0 saturated heterocycles. The Balaban J connectivity index is 3.27. The van der Waals surface area contributed by atoms with E-state index in [1.165, 1.54) is 0 Å². The smallest absolute Gasteiger partial charge is 0.222 e. The number of carbonyl (C=O) groups excluding carboxylic acids is 1. The van der Waals surface area contributed by atoms with Gasteiger partial charge in [-0.25, -0.2) is 0 Å². The van der Waals surface area contributed by atoms with Gasteiger partial charge >= 0.3 is 0 Å². The van der Waals surface area contributed by atoms with Crippen molar-refractivity contribution in [3.8, 4) is 0 Å². The molecule has 2 nitrogen and oxygen atoms in total. The summed E-state index contributed by atoms with van der Waals surface area (Å²) in [6.07, 6.45) is -0.0157. The summed E-state index contributed by atoms with van der Waals surface area (Å²) in [6, 6.07) is 0.115. The lowest BCUT2D eigenvalue weighted by atomic mass is 10.3. The predicted molar refractivity (Wildman–Crippen MR) is 33.9 cm³/mol. The molecular weight excluding hydrogens is 121 g/mol. The molecule has 0 aliphatic carbocycles. The predicted octanol–water partition coefficient (Wildman–Crippen LogP) is 0.871. The Bertz CT molecular complexity index is 93.1. The minimum absolute atomic E-state index is 0.0157. The van der Waals surface area contributed by atoms with Gasteiger partial charge in [-0.3, -0.25) is 9.18 Å². The summed E-state index contributed by atoms with van der Waals surface area (Å²) in [5.74, 6) is -0.215. The number of halogens is 1. The first-order valence-electron chi connectivity index (χ1n) is 3.02. The molecule has 0 rings (SSSR count). The second-order valence-corrected chi connectivity index (χ2v) is 2.16. The van der Waals surface area contributed by atoms with Crippen molar-refractivity contribution < 1.29 is 9.18 Å². The van der Waals surface area contributed by atoms with Gasteiger partial charge in [0.2, 0.25) is 5.91 Å². The Kier molecular flexibility index (Phi) is 4.01. The summed E-state index contributed by atoms with van der Waals surface area (Å²) in [5.41, 5.74) is 0. The number of hydrogen-bond acceptors (Lipinski definition) is 1. The van der Waals surface area contributed by atoms with Crippen LogP contribution in [0.1, 0.15) is 20.3 Å². The van der Waals surface area contributed by atoms with E-state index in [1.807, 2.05) is 13.8 Å². The second-order valence-electron chi connectivity index (χ2n) is 2.16. The van der Waals surface area contributed by atoms with Gasteiger partial charge in [0.05, 0.1) is 13.1 Å². The van der Waals surface area contributed by atoms with E-state index in [4.69, 9.17) is 0 Å². The Morgan fingerprint density at radius 2 is 2.22 bits per heavy atom. The first-order valence-corrected chi connectivity index (χ1v) is 3.02. The SMILES string of the molecule is CC(C)NC(=O)CCF. The van der Waals surface area contributed by atoms with E-state index in [0.717, 1.165) is 0 Å². The normalized spacial score (nSPS) is 9.78. The largest absolute Gasteiger partial charge is 0.354 e. The van der Waals surface area contributed by atoms with E-state index < -0.39 is 6.67 Å². The summed E-state index contributed by atoms with van der Waals surface area (Å²) < 4.78 is 11.4. The topological polar surface area (TPSA) is 29.1 Å². The molecule has 0 unspecified atom stereocenters. The molecule has 1 N–H and O–H groups in total. The van der Waals surface area contributed by atoms with Crippen LogP contribution in [0.3, 0.4) is 0 Å². The molecule has 0 aliphatic rings. The van der Waals surface area contributed by atoms with Gasteiger partial charge < -0.3 is 5.32 Å². The molecule has 0 aromatic rings. The van der Waals surface area contributed by atoms with Crippen LogP contribution in [-0.2, 0) is 4.79 Å². The molecule has 0 fully saturated rings. The monoisotopic (exact) mass is 133 g/mol. The minimum Gasteiger partial charge on any atom is -0.354 e. The summed E-state index contributed by atoms with van der Waals surface area (Å²) in [7, 11) is 0. The van der Waals surface area contributed by atoms with E-state index in [9.17, 15) is 9.18 Å². The van der Waals surface area contributed by atoms with E-state index in [1.54, 1.807) is 0 Å². The van der Waals surface area contributed by atoms with Gasteiger partial charge in [0, 0.05) is 6.04 Å². The number of amides is 1. The van der Waals surface area contributed by atoms with Crippen LogP contribution in [0.15, 0.2) is 0 Å². The zero-order valence-corrected chi connectivity index (χ0v) is 5.78. The number of carbonyl (C=O) groups is 1. The van der Waals surface area contributed by atoms with Crippen molar-refractivity contribution in [3.63, 3.8) is 0 Å². The van der Waals surface area contributed by atoms with Crippen LogP contribution < -0.4 is 5.32 Å². The first-order chi connectivity index (χ1) is 4.16. The van der Waals surface area contributed by atoms with Crippen LogP contribution in [0.2, 0.25) is 0 Å². The summed E-state index contributed by atoms with van der Waals surface area (Å²) >= 11 is 0. The molecule has 0 saturated carbocycles. The first kappa shape index (κ1) is 8.40. The number of nitrogens with one attached hydrogen (secondary N) is 1. The number of rotatable bonds is 3. The number of alkyl halides is 1. The van der Waals surface area contributed by atoms with E-state index >= 15 is 0 Å². The van der Waals surface area contributed by atoms with E-state index in [2.05, 4.69) is 5.32 Å². The van der Waals surface area contributed by atoms with Gasteiger partial charge in [-0.2, -0.15) is 0 Å². The fourth-order valence-electron chi connectivity index (χ4n) is 0.480. The van der Waals surface area contributed by atoms with Crippen LogP contribution in [-0.4, -0.2) is 18.6 Å². The Hall–Kier alpha value is -0.600. The van der Waals surface area contributed by atoms with E-state index in [0.29, 0.717) is 0 Å². The molecule has 0 aliphatic heterocycles. The Morgan fingerprint density at radius 3 is 2.56 bits per heavy atom. The molecule has 0 radical (unpaired) electrons. The molecule has 3 heteroatoms. The van der Waals surface area contributed by atoms with Crippen molar-refractivity contribution in [1.82, 2.24) is 5.32 Å². The van der Waals surface area contributed by atoms with Crippen molar-refractivity contribution in [2.45, 2.75) is 26.3 Å². The Morgan fingerprint density at radius 1 is 1.67 bits per heavy atom. The van der Waals surface area contributed by atoms with Gasteiger partial charge in [0.15, 0.2) is 0 Å². The molecule has 0 spiro atoms. The maximum Gasteiger partial charge on any atom is 0.222 e. The van der Waals surface area contributed by atoms with Crippen molar-refractivity contribution in [2.24, 2.45) is 0 Å². The maximum absolute atomic E-state index is 11.4. The lowest BCUT2D eigenvalue weighted by Gasteiger charge is -2.05. The molecular formula is C6H12FNO. The third-order valence-corrected chi connectivity index (χ3v) is 0.771. The third-order valence-electron chi connectivity index (χ3n) is 0.771. The van der Waals surface area contributed by atoms with E-state index in [-0.39, 0.29) is 18.4 Å². The standard InChI is InChI=1S/C6H12FNO/c1-5(2)8-6(9)3-4-7/h5H,3-4H2,1-2H3,(H,8,9). The minimum atomic E-state index is -0.571. The Labute approximate surface area is 54.4 Å². The highest BCUT2D eigenvalue weighted by atomic mass is 19.1. The molecule has 0 aromatic heterocycles. The molecule has 0 heterocycles. The molecule has 54 valence electrons. The van der Waals surface area contributed by atoms with Crippen LogP contribution in [0, 0.1) is 0 Å². The molecule has 9 heavy (non-hydrogen) atoms. The van der Waals surface area contributed by atoms with Crippen LogP contribution in [0.5, 0.6) is 0 Å². The average molecular weight is 133 g/mol. The fourth-order valence-corrected chi connectivity index (χ4v) is 0.480. The molecule has 0 atom stereocenters. The molecule has 1 amide bonds. The van der Waals surface area contributed by atoms with Crippen LogP contribution in [0.25, 0.3) is 0 Å². The van der Waals surface area contributed by atoms with Crippen LogP contribution in [0.4, 0.5) is 4.39 Å². The third kappa shape index (κ3) is 5.27. The summed E-state index contributed by atoms with van der Waals surface area (Å²) in [6.45, 7) is 3.12. The summed E-state index contributed by atoms with van der Waals surface area (Å²) in [4.78, 5) is 10.5. The molecule has 0 aromatic carbocycles. The highest BCUT2D eigenvalue weighted by molar-refractivity contribution is 5.76. The summed E-state index contributed by atoms with van der Waals surface area (Å²) in [5, 5.41) is 2.56. The maximum atomic E-state index is 11.4. The zero-order chi connectivity index (χ0) is 7.28. The average Bonchev–Trinajstić information content (AvgIpc) is 1.63. The highest BCUT2D eigenvalue weighted by Gasteiger charge is 2.00. The van der Waals surface area contributed by atoms with Gasteiger partial charge in [-0.05, 0) is 13.8 Å².